The van der Waals surface area contributed by atoms with E-state index in [1.54, 1.807) is 0 Å². The van der Waals surface area contributed by atoms with Crippen molar-refractivity contribution in [2.75, 3.05) is 4.90 Å². The second kappa shape index (κ2) is 7.57. The summed E-state index contributed by atoms with van der Waals surface area (Å²) in [4.78, 5) is 2.54. The molecular weight excluding hydrogens is 302 g/mol. The molecule has 3 aromatic carbocycles. The molecule has 0 saturated heterocycles. The van der Waals surface area contributed by atoms with Gasteiger partial charge in [-0.25, -0.2) is 0 Å². The monoisotopic (exact) mass is 329 g/mol. The van der Waals surface area contributed by atoms with Gasteiger partial charge in [-0.1, -0.05) is 78.4 Å². The molecule has 0 N–H and O–H groups in total. The van der Waals surface area contributed by atoms with E-state index in [1.807, 2.05) is 0 Å². The maximum absolute atomic E-state index is 2.54. The molecule has 128 valence electrons. The summed E-state index contributed by atoms with van der Waals surface area (Å²) in [7, 11) is 0. The van der Waals surface area contributed by atoms with Crippen molar-refractivity contribution in [1.29, 1.82) is 0 Å². The molecule has 0 aliphatic carbocycles. The van der Waals surface area contributed by atoms with Crippen LogP contribution >= 0.6 is 0 Å². The standard InChI is InChI=1S/C24H27N/c1-18-15-19(2)24(20(3)16-18)25(17-22-11-7-5-8-12-22)21(4)23-13-9-6-10-14-23/h5-16,21H,17H2,1-4H3. The van der Waals surface area contributed by atoms with Gasteiger partial charge in [0.05, 0.1) is 6.04 Å². The zero-order chi connectivity index (χ0) is 17.8. The first-order valence-electron chi connectivity index (χ1n) is 8.99. The fraction of sp³-hybridized carbons (Fsp3) is 0.250. The summed E-state index contributed by atoms with van der Waals surface area (Å²) in [6.07, 6.45) is 0. The fourth-order valence-corrected chi connectivity index (χ4v) is 3.73. The van der Waals surface area contributed by atoms with Gasteiger partial charge in [-0.05, 0) is 49.9 Å². The van der Waals surface area contributed by atoms with Gasteiger partial charge in [-0.15, -0.1) is 0 Å². The van der Waals surface area contributed by atoms with Gasteiger partial charge in [-0.3, -0.25) is 0 Å². The van der Waals surface area contributed by atoms with Crippen molar-refractivity contribution in [2.24, 2.45) is 0 Å². The summed E-state index contributed by atoms with van der Waals surface area (Å²) in [5, 5.41) is 0. The van der Waals surface area contributed by atoms with Crippen molar-refractivity contribution in [3.63, 3.8) is 0 Å². The van der Waals surface area contributed by atoms with Gasteiger partial charge in [0.25, 0.3) is 0 Å². The molecule has 0 aliphatic heterocycles. The van der Waals surface area contributed by atoms with Gasteiger partial charge in [-0.2, -0.15) is 0 Å². The molecule has 0 heterocycles. The van der Waals surface area contributed by atoms with Crippen LogP contribution in [-0.4, -0.2) is 0 Å². The Morgan fingerprint density at radius 3 is 1.84 bits per heavy atom. The Hall–Kier alpha value is -2.54. The average molecular weight is 329 g/mol. The van der Waals surface area contributed by atoms with Gasteiger partial charge in [0, 0.05) is 12.2 Å². The number of benzene rings is 3. The molecule has 25 heavy (non-hydrogen) atoms. The van der Waals surface area contributed by atoms with Crippen LogP contribution in [0.15, 0.2) is 72.8 Å². The largest absolute Gasteiger partial charge is 0.360 e. The van der Waals surface area contributed by atoms with Crippen molar-refractivity contribution in [3.8, 4) is 0 Å². The summed E-state index contributed by atoms with van der Waals surface area (Å²) in [6, 6.07) is 26.4. The minimum atomic E-state index is 0.307. The van der Waals surface area contributed by atoms with E-state index in [1.165, 1.54) is 33.5 Å². The summed E-state index contributed by atoms with van der Waals surface area (Å²) >= 11 is 0. The summed E-state index contributed by atoms with van der Waals surface area (Å²) in [5.41, 5.74) is 8.05. The van der Waals surface area contributed by atoms with Gasteiger partial charge in [0.2, 0.25) is 0 Å². The molecular formula is C24H27N. The number of rotatable bonds is 5. The molecule has 1 atom stereocenters. The lowest BCUT2D eigenvalue weighted by molar-refractivity contribution is 0.665. The predicted octanol–water partition coefficient (Wildman–Crippen LogP) is 6.38. The zero-order valence-electron chi connectivity index (χ0n) is 15.7. The minimum absolute atomic E-state index is 0.307. The highest BCUT2D eigenvalue weighted by Crippen LogP contribution is 2.34. The molecule has 0 radical (unpaired) electrons. The molecule has 1 heteroatoms. The average Bonchev–Trinajstić information content (AvgIpc) is 2.61. The van der Waals surface area contributed by atoms with Crippen molar-refractivity contribution in [1.82, 2.24) is 0 Å². The van der Waals surface area contributed by atoms with Crippen LogP contribution in [0, 0.1) is 20.8 Å². The van der Waals surface area contributed by atoms with Gasteiger partial charge >= 0.3 is 0 Å². The van der Waals surface area contributed by atoms with E-state index < -0.39 is 0 Å². The van der Waals surface area contributed by atoms with Crippen molar-refractivity contribution < 1.29 is 0 Å². The summed E-state index contributed by atoms with van der Waals surface area (Å²) in [5.74, 6) is 0. The number of hydrogen-bond donors (Lipinski definition) is 0. The topological polar surface area (TPSA) is 3.24 Å². The Balaban J connectivity index is 2.06. The van der Waals surface area contributed by atoms with Crippen molar-refractivity contribution in [2.45, 2.75) is 40.3 Å². The third-order valence-electron chi connectivity index (χ3n) is 4.87. The van der Waals surface area contributed by atoms with Gasteiger partial charge < -0.3 is 4.90 Å². The molecule has 0 spiro atoms. The molecule has 1 nitrogen and oxygen atoms in total. The van der Waals surface area contributed by atoms with Crippen LogP contribution in [-0.2, 0) is 6.54 Å². The smallest absolute Gasteiger partial charge is 0.0518 e. The molecule has 0 saturated carbocycles. The van der Waals surface area contributed by atoms with E-state index in [2.05, 4.69) is 105 Å². The lowest BCUT2D eigenvalue weighted by atomic mass is 9.99. The minimum Gasteiger partial charge on any atom is -0.360 e. The molecule has 3 aromatic rings. The zero-order valence-corrected chi connectivity index (χ0v) is 15.7. The third kappa shape index (κ3) is 3.93. The summed E-state index contributed by atoms with van der Waals surface area (Å²) < 4.78 is 0. The van der Waals surface area contributed by atoms with Crippen LogP contribution < -0.4 is 4.90 Å². The Labute approximate surface area is 151 Å². The normalized spacial score (nSPS) is 12.0. The SMILES string of the molecule is Cc1cc(C)c(N(Cc2ccccc2)C(C)c2ccccc2)c(C)c1. The van der Waals surface area contributed by atoms with Crippen LogP contribution in [0.25, 0.3) is 0 Å². The second-order valence-corrected chi connectivity index (χ2v) is 6.95. The molecule has 3 rings (SSSR count). The van der Waals surface area contributed by atoms with Crippen molar-refractivity contribution in [3.05, 3.63) is 101 Å². The number of nitrogens with zero attached hydrogens (tertiary/aromatic N) is 1. The van der Waals surface area contributed by atoms with E-state index in [0.717, 1.165) is 6.54 Å². The number of aryl methyl sites for hydroxylation is 3. The molecule has 0 aromatic heterocycles. The molecule has 0 amide bonds. The Morgan fingerprint density at radius 1 is 0.760 bits per heavy atom. The van der Waals surface area contributed by atoms with E-state index in [4.69, 9.17) is 0 Å². The maximum Gasteiger partial charge on any atom is 0.0518 e. The number of anilines is 1. The molecule has 0 fully saturated rings. The van der Waals surface area contributed by atoms with Crippen LogP contribution in [0.2, 0.25) is 0 Å². The van der Waals surface area contributed by atoms with E-state index >= 15 is 0 Å². The Kier molecular flexibility index (Phi) is 5.23. The van der Waals surface area contributed by atoms with Crippen LogP contribution in [0.1, 0.15) is 40.8 Å². The molecule has 0 aliphatic rings. The predicted molar refractivity (Wildman–Crippen MR) is 108 cm³/mol. The Morgan fingerprint density at radius 2 is 1.28 bits per heavy atom. The lowest BCUT2D eigenvalue weighted by Crippen LogP contribution is -2.28. The van der Waals surface area contributed by atoms with Gasteiger partial charge in [0.1, 0.15) is 0 Å². The first-order chi connectivity index (χ1) is 12.1. The molecule has 1 unspecified atom stereocenters. The van der Waals surface area contributed by atoms with E-state index in [-0.39, 0.29) is 0 Å². The van der Waals surface area contributed by atoms with E-state index in [9.17, 15) is 0 Å². The Bertz CT molecular complexity index is 798. The number of hydrogen-bond acceptors (Lipinski definition) is 1. The first kappa shape index (κ1) is 17.3. The quantitative estimate of drug-likeness (QED) is 0.525. The maximum atomic E-state index is 2.54. The third-order valence-corrected chi connectivity index (χ3v) is 4.87. The highest BCUT2D eigenvalue weighted by atomic mass is 15.2. The second-order valence-electron chi connectivity index (χ2n) is 6.95. The summed E-state index contributed by atoms with van der Waals surface area (Å²) in [6.45, 7) is 9.83. The van der Waals surface area contributed by atoms with Crippen LogP contribution in [0.4, 0.5) is 5.69 Å². The first-order valence-corrected chi connectivity index (χ1v) is 8.99. The molecule has 0 bridgehead atoms. The van der Waals surface area contributed by atoms with Crippen LogP contribution in [0.3, 0.4) is 0 Å². The van der Waals surface area contributed by atoms with Gasteiger partial charge in [0.15, 0.2) is 0 Å². The highest BCUT2D eigenvalue weighted by molar-refractivity contribution is 5.61. The highest BCUT2D eigenvalue weighted by Gasteiger charge is 2.20. The lowest BCUT2D eigenvalue weighted by Gasteiger charge is -2.34. The van der Waals surface area contributed by atoms with Crippen molar-refractivity contribution >= 4 is 5.69 Å². The van der Waals surface area contributed by atoms with Crippen LogP contribution in [0.5, 0.6) is 0 Å². The van der Waals surface area contributed by atoms with E-state index in [0.29, 0.717) is 6.04 Å². The fourth-order valence-electron chi connectivity index (χ4n) is 3.73.